The Hall–Kier alpha value is -5.40. The Kier molecular flexibility index (Phi) is 10.7. The molecular formula is C42H45F2N7O4. The number of fused-ring (bicyclic) bond motifs is 10. The second kappa shape index (κ2) is 16.1. The molecule has 0 aliphatic carbocycles. The van der Waals surface area contributed by atoms with Crippen molar-refractivity contribution in [1.82, 2.24) is 34.8 Å². The van der Waals surface area contributed by atoms with Crippen molar-refractivity contribution in [3.63, 3.8) is 0 Å². The van der Waals surface area contributed by atoms with Crippen molar-refractivity contribution in [3.8, 4) is 22.9 Å². The minimum absolute atomic E-state index is 0.0356. The quantitative estimate of drug-likeness (QED) is 0.161. The molecule has 2 N–H and O–H groups in total. The van der Waals surface area contributed by atoms with Crippen LogP contribution in [0.1, 0.15) is 67.1 Å². The second-order valence-corrected chi connectivity index (χ2v) is 14.7. The zero-order valence-electron chi connectivity index (χ0n) is 31.0. The molecule has 286 valence electrons. The van der Waals surface area contributed by atoms with Crippen molar-refractivity contribution in [2.75, 3.05) is 39.5 Å². The molecule has 8 rings (SSSR count). The Morgan fingerprint density at radius 1 is 1.04 bits per heavy atom. The summed E-state index contributed by atoms with van der Waals surface area (Å²) in [6, 6.07) is 15.9. The van der Waals surface area contributed by atoms with Crippen LogP contribution < -0.4 is 4.74 Å². The largest absolute Gasteiger partial charge is 0.464 e. The van der Waals surface area contributed by atoms with Gasteiger partial charge in [-0.1, -0.05) is 42.3 Å². The number of rotatable bonds is 7. The highest BCUT2D eigenvalue weighted by molar-refractivity contribution is 5.85. The molecule has 3 aromatic carbocycles. The van der Waals surface area contributed by atoms with Crippen molar-refractivity contribution in [2.45, 2.75) is 63.8 Å². The Morgan fingerprint density at radius 3 is 2.82 bits per heavy atom. The molecule has 0 saturated carbocycles. The van der Waals surface area contributed by atoms with E-state index in [4.69, 9.17) is 14.2 Å². The summed E-state index contributed by atoms with van der Waals surface area (Å²) < 4.78 is 50.2. The first kappa shape index (κ1) is 36.6. The van der Waals surface area contributed by atoms with E-state index in [2.05, 4.69) is 49.2 Å². The average Bonchev–Trinajstić information content (AvgIpc) is 3.98. The predicted octanol–water partition coefficient (Wildman–Crippen LogP) is 7.50. The van der Waals surface area contributed by atoms with Gasteiger partial charge in [-0.25, -0.2) is 18.4 Å². The van der Waals surface area contributed by atoms with Crippen LogP contribution in [0.15, 0.2) is 73.2 Å². The second-order valence-electron chi connectivity index (χ2n) is 14.7. The molecule has 2 aliphatic heterocycles. The summed E-state index contributed by atoms with van der Waals surface area (Å²) in [6.45, 7) is 6.62. The maximum Gasteiger partial charge on any atom is 0.306 e. The molecule has 1 fully saturated rings. The fourth-order valence-corrected chi connectivity index (χ4v) is 7.69. The molecule has 11 nitrogen and oxygen atoms in total. The number of H-pyrrole nitrogens is 2. The van der Waals surface area contributed by atoms with Gasteiger partial charge in [-0.3, -0.25) is 9.69 Å². The zero-order chi connectivity index (χ0) is 37.8. The minimum atomic E-state index is -0.555. The van der Waals surface area contributed by atoms with Crippen LogP contribution in [0, 0.1) is 11.6 Å². The number of hydrogen-bond donors (Lipinski definition) is 2. The number of nitrogens with zero attached hydrogens (tertiary/aromatic N) is 5. The minimum Gasteiger partial charge on any atom is -0.464 e. The first-order chi connectivity index (χ1) is 26.8. The van der Waals surface area contributed by atoms with E-state index in [1.54, 1.807) is 23.1 Å². The highest BCUT2D eigenvalue weighted by Gasteiger charge is 2.32. The Morgan fingerprint density at radius 2 is 1.93 bits per heavy atom. The van der Waals surface area contributed by atoms with E-state index in [1.807, 2.05) is 24.4 Å². The fourth-order valence-electron chi connectivity index (χ4n) is 7.69. The molecule has 0 amide bonds. The van der Waals surface area contributed by atoms with Crippen LogP contribution in [0.25, 0.3) is 22.3 Å². The molecule has 0 spiro atoms. The highest BCUT2D eigenvalue weighted by Crippen LogP contribution is 2.40. The summed E-state index contributed by atoms with van der Waals surface area (Å²) in [5.41, 5.74) is 4.70. The fraction of sp³-hybridized carbons (Fsp3) is 0.381. The van der Waals surface area contributed by atoms with Gasteiger partial charge in [0.25, 0.3) is 0 Å². The van der Waals surface area contributed by atoms with Crippen LogP contribution in [0.3, 0.4) is 0 Å². The molecule has 55 heavy (non-hydrogen) atoms. The molecule has 1 atom stereocenters. The summed E-state index contributed by atoms with van der Waals surface area (Å²) in [5.74, 6) is -0.621. The number of aryl methyl sites for hydroxylation is 2. The van der Waals surface area contributed by atoms with Gasteiger partial charge in [-0.2, -0.15) is 0 Å². The van der Waals surface area contributed by atoms with E-state index in [0.717, 1.165) is 73.1 Å². The third-order valence-electron chi connectivity index (χ3n) is 10.9. The van der Waals surface area contributed by atoms with Crippen LogP contribution in [-0.2, 0) is 39.1 Å². The smallest absolute Gasteiger partial charge is 0.306 e. The average molecular weight is 750 g/mol. The van der Waals surface area contributed by atoms with Crippen molar-refractivity contribution in [1.29, 1.82) is 0 Å². The number of carbonyl (C=O) groups is 1. The lowest BCUT2D eigenvalue weighted by atomic mass is 9.75. The lowest BCUT2D eigenvalue weighted by Crippen LogP contribution is -2.38. The first-order valence-electron chi connectivity index (χ1n) is 19.1. The maximum absolute atomic E-state index is 15.7. The molecule has 1 unspecified atom stereocenters. The zero-order valence-corrected chi connectivity index (χ0v) is 31.0. The van der Waals surface area contributed by atoms with Crippen molar-refractivity contribution in [3.05, 3.63) is 113 Å². The van der Waals surface area contributed by atoms with Crippen molar-refractivity contribution in [2.24, 2.45) is 0 Å². The number of aromatic amines is 2. The molecule has 0 radical (unpaired) electrons. The Balaban J connectivity index is 1.07. The van der Waals surface area contributed by atoms with Crippen molar-refractivity contribution >= 4 is 16.9 Å². The van der Waals surface area contributed by atoms with Crippen LogP contribution >= 0.6 is 0 Å². The number of halogens is 2. The normalized spacial score (nSPS) is 18.2. The van der Waals surface area contributed by atoms with Crippen LogP contribution in [0.4, 0.5) is 8.78 Å². The van der Waals surface area contributed by atoms with Gasteiger partial charge in [0.1, 0.15) is 24.0 Å². The number of hydrogen-bond acceptors (Lipinski definition) is 8. The van der Waals surface area contributed by atoms with E-state index < -0.39 is 17.0 Å². The molecule has 5 heterocycles. The lowest BCUT2D eigenvalue weighted by molar-refractivity contribution is -0.144. The monoisotopic (exact) mass is 749 g/mol. The van der Waals surface area contributed by atoms with Gasteiger partial charge in [0, 0.05) is 78.3 Å². The van der Waals surface area contributed by atoms with E-state index in [1.165, 1.54) is 18.2 Å². The summed E-state index contributed by atoms with van der Waals surface area (Å²) in [7, 11) is 0. The number of imidazole rings is 1. The standard InChI is InChI=1S/C42H45F2N7O4/c1-42(29-7-5-6-28(22-29)9-12-39(52)54-21-18-50-16-19-53-20-17-50)14-4-2-3-8-30-26-51(49-48-30)27-34-32-13-15-45-37(32)24-36(44)40(34)55-31-10-11-35(43)33(23-31)41-46-25-38(42)47-41/h5-7,10-11,13,15,22-26,45H,2-4,8-9,12,14,16-21,27H2,1H3,(H,46,47). The van der Waals surface area contributed by atoms with Gasteiger partial charge >= 0.3 is 5.97 Å². The van der Waals surface area contributed by atoms with Gasteiger partial charge in [-0.15, -0.1) is 5.10 Å². The number of carbonyl (C=O) groups excluding carboxylic acids is 1. The molecule has 6 bridgehead atoms. The third kappa shape index (κ3) is 8.18. The number of aromatic nitrogens is 6. The van der Waals surface area contributed by atoms with Gasteiger partial charge in [0.2, 0.25) is 0 Å². The number of nitrogens with one attached hydrogen (secondary N) is 2. The summed E-state index contributed by atoms with van der Waals surface area (Å²) >= 11 is 0. The topological polar surface area (TPSA) is 123 Å². The van der Waals surface area contributed by atoms with E-state index in [0.29, 0.717) is 49.7 Å². The molecule has 3 aromatic heterocycles. The molecule has 6 aromatic rings. The molecule has 13 heteroatoms. The third-order valence-corrected chi connectivity index (χ3v) is 10.9. The Labute approximate surface area is 318 Å². The number of esters is 1. The van der Waals surface area contributed by atoms with Gasteiger partial charge in [0.15, 0.2) is 11.6 Å². The molecule has 2 aliphatic rings. The Bertz CT molecular complexity index is 2280. The van der Waals surface area contributed by atoms with Crippen LogP contribution in [0.2, 0.25) is 0 Å². The summed E-state index contributed by atoms with van der Waals surface area (Å²) in [6.07, 6.45) is 10.6. The van der Waals surface area contributed by atoms with Crippen LogP contribution in [-0.4, -0.2) is 80.3 Å². The maximum atomic E-state index is 15.7. The highest BCUT2D eigenvalue weighted by atomic mass is 19.1. The first-order valence-corrected chi connectivity index (χ1v) is 19.1. The van der Waals surface area contributed by atoms with Gasteiger partial charge < -0.3 is 24.2 Å². The number of ether oxygens (including phenoxy) is 3. The number of benzene rings is 3. The molecular weight excluding hydrogens is 705 g/mol. The predicted molar refractivity (Wildman–Crippen MR) is 203 cm³/mol. The summed E-state index contributed by atoms with van der Waals surface area (Å²) in [5, 5.41) is 9.58. The van der Waals surface area contributed by atoms with E-state index in [-0.39, 0.29) is 36.0 Å². The molecule has 1 saturated heterocycles. The van der Waals surface area contributed by atoms with Gasteiger partial charge in [0.05, 0.1) is 31.0 Å². The number of morpholine rings is 1. The van der Waals surface area contributed by atoms with E-state index >= 15 is 8.78 Å². The summed E-state index contributed by atoms with van der Waals surface area (Å²) in [4.78, 5) is 26.1. The van der Waals surface area contributed by atoms with Crippen LogP contribution in [0.5, 0.6) is 11.5 Å². The van der Waals surface area contributed by atoms with Crippen molar-refractivity contribution < 1.29 is 27.8 Å². The van der Waals surface area contributed by atoms with Gasteiger partial charge in [-0.05, 0) is 68.0 Å². The SMILES string of the molecule is CC1(c2cccc(CCC(=O)OCCN3CCOCC3)c2)CCCCCc2cn(nn2)Cc2c(c(F)cc3[nH]ccc23)Oc2ccc(F)c(c2)-c2ncc1[nH]2. The lowest BCUT2D eigenvalue weighted by Gasteiger charge is -2.30. The van der Waals surface area contributed by atoms with E-state index in [9.17, 15) is 4.79 Å².